The number of anilines is 2. The predicted molar refractivity (Wildman–Crippen MR) is 86.9 cm³/mol. The number of nitrogen functional groups attached to an aromatic ring is 1. The molecule has 2 aliphatic rings. The maximum Gasteiger partial charge on any atom is 0.268 e. The second kappa shape index (κ2) is 6.05. The highest BCUT2D eigenvalue weighted by atomic mass is 32.1. The Bertz CT molecular complexity index is 560. The summed E-state index contributed by atoms with van der Waals surface area (Å²) in [5.74, 6) is 0.411. The van der Waals surface area contributed by atoms with Crippen LogP contribution < -0.4 is 10.6 Å². The molecule has 21 heavy (non-hydrogen) atoms. The van der Waals surface area contributed by atoms with Crippen molar-refractivity contribution in [3.05, 3.63) is 16.5 Å². The number of aromatic nitrogens is 1. The Balaban J connectivity index is 1.76. The van der Waals surface area contributed by atoms with Crippen molar-refractivity contribution in [2.75, 3.05) is 36.8 Å². The average molecular weight is 306 g/mol. The van der Waals surface area contributed by atoms with Gasteiger partial charge in [0.15, 0.2) is 5.13 Å². The first-order chi connectivity index (χ1) is 10.1. The topological polar surface area (TPSA) is 62.5 Å². The van der Waals surface area contributed by atoms with E-state index in [1.807, 2.05) is 4.90 Å². The van der Waals surface area contributed by atoms with Crippen LogP contribution in [0.3, 0.4) is 0 Å². The minimum absolute atomic E-state index is 0.0250. The summed E-state index contributed by atoms with van der Waals surface area (Å²) >= 11 is 1.45. The number of nitrogens with two attached hydrogens (primary N) is 1. The van der Waals surface area contributed by atoms with Gasteiger partial charge in [0.05, 0.1) is 0 Å². The van der Waals surface area contributed by atoms with Gasteiger partial charge >= 0.3 is 0 Å². The number of hydrogen-bond acceptors (Lipinski definition) is 5. The van der Waals surface area contributed by atoms with Crippen LogP contribution in [0.5, 0.6) is 0 Å². The Morgan fingerprint density at radius 2 is 2.05 bits per heavy atom. The molecule has 0 radical (unpaired) electrons. The number of rotatable bonds is 2. The van der Waals surface area contributed by atoms with E-state index in [0.29, 0.717) is 17.2 Å². The predicted octanol–water partition coefficient (Wildman–Crippen LogP) is 2.51. The van der Waals surface area contributed by atoms with Gasteiger partial charge in [0.25, 0.3) is 5.91 Å². The first-order valence-corrected chi connectivity index (χ1v) is 8.43. The summed E-state index contributed by atoms with van der Waals surface area (Å²) in [6.45, 7) is 5.61. The van der Waals surface area contributed by atoms with E-state index in [-0.39, 0.29) is 5.91 Å². The lowest BCUT2D eigenvalue weighted by Crippen LogP contribution is -2.34. The van der Waals surface area contributed by atoms with E-state index >= 15 is 0 Å². The quantitative estimate of drug-likeness (QED) is 0.853. The van der Waals surface area contributed by atoms with E-state index < -0.39 is 0 Å². The van der Waals surface area contributed by atoms with Gasteiger partial charge in [0.1, 0.15) is 10.7 Å². The summed E-state index contributed by atoms with van der Waals surface area (Å²) in [7, 11) is 0. The Morgan fingerprint density at radius 1 is 1.29 bits per heavy atom. The highest BCUT2D eigenvalue weighted by Gasteiger charge is 2.25. The van der Waals surface area contributed by atoms with Crippen molar-refractivity contribution < 1.29 is 4.79 Å². The third-order valence-electron chi connectivity index (χ3n) is 4.19. The maximum absolute atomic E-state index is 12.6. The van der Waals surface area contributed by atoms with Gasteiger partial charge in [0.2, 0.25) is 0 Å². The molecule has 0 atom stereocenters. The van der Waals surface area contributed by atoms with Crippen LogP contribution >= 0.6 is 11.3 Å². The molecule has 1 amide bonds. The molecule has 1 aromatic rings. The summed E-state index contributed by atoms with van der Waals surface area (Å²) in [5.41, 5.74) is 7.34. The van der Waals surface area contributed by atoms with Crippen LogP contribution in [0.1, 0.15) is 42.3 Å². The fraction of sp³-hybridized carbons (Fsp3) is 0.600. The van der Waals surface area contributed by atoms with E-state index in [0.717, 1.165) is 31.2 Å². The fourth-order valence-corrected chi connectivity index (χ4v) is 3.80. The number of piperidine rings is 1. The Hall–Kier alpha value is -1.56. The van der Waals surface area contributed by atoms with Gasteiger partial charge in [-0.3, -0.25) is 4.79 Å². The second-order valence-corrected chi connectivity index (χ2v) is 6.79. The molecule has 3 heterocycles. The van der Waals surface area contributed by atoms with Crippen LogP contribution in [-0.4, -0.2) is 42.0 Å². The Kier molecular flexibility index (Phi) is 4.14. The molecular formula is C15H22N4OS. The molecule has 1 fully saturated rings. The zero-order valence-electron chi connectivity index (χ0n) is 12.5. The lowest BCUT2D eigenvalue weighted by molar-refractivity contribution is 0.0774. The molecule has 6 heteroatoms. The van der Waals surface area contributed by atoms with Crippen molar-refractivity contribution in [1.29, 1.82) is 0 Å². The lowest BCUT2D eigenvalue weighted by Gasteiger charge is -2.26. The Morgan fingerprint density at radius 3 is 2.71 bits per heavy atom. The fourth-order valence-electron chi connectivity index (χ4n) is 2.79. The van der Waals surface area contributed by atoms with Gasteiger partial charge in [-0.15, -0.1) is 0 Å². The molecule has 114 valence electrons. The lowest BCUT2D eigenvalue weighted by atomic mass is 10.1. The molecule has 0 spiro atoms. The number of carbonyl (C=O) groups excluding carboxylic acids is 1. The van der Waals surface area contributed by atoms with Gasteiger partial charge < -0.3 is 15.5 Å². The van der Waals surface area contributed by atoms with Crippen molar-refractivity contribution in [2.45, 2.75) is 32.6 Å². The van der Waals surface area contributed by atoms with Crippen LogP contribution in [0.4, 0.5) is 10.9 Å². The summed E-state index contributed by atoms with van der Waals surface area (Å²) in [4.78, 5) is 21.7. The number of thiazole rings is 1. The molecule has 5 nitrogen and oxygen atoms in total. The molecule has 1 saturated heterocycles. The molecule has 0 saturated carbocycles. The number of amides is 1. The molecule has 3 rings (SSSR count). The van der Waals surface area contributed by atoms with Gasteiger partial charge in [-0.25, -0.2) is 4.98 Å². The molecule has 0 aliphatic carbocycles. The molecule has 0 bridgehead atoms. The SMILES string of the molecule is CC1=CCN(C(=O)c2sc(N3CCCCC3)nc2N)CC1. The zero-order valence-corrected chi connectivity index (χ0v) is 13.3. The third-order valence-corrected chi connectivity index (χ3v) is 5.31. The summed E-state index contributed by atoms with van der Waals surface area (Å²) < 4.78 is 0. The van der Waals surface area contributed by atoms with Crippen LogP contribution in [0.25, 0.3) is 0 Å². The van der Waals surface area contributed by atoms with E-state index in [2.05, 4.69) is 22.9 Å². The molecule has 2 N–H and O–H groups in total. The van der Waals surface area contributed by atoms with Crippen LogP contribution in [-0.2, 0) is 0 Å². The van der Waals surface area contributed by atoms with Crippen LogP contribution in [0.2, 0.25) is 0 Å². The van der Waals surface area contributed by atoms with Crippen LogP contribution in [0, 0.1) is 0 Å². The molecule has 0 aromatic carbocycles. The number of carbonyl (C=O) groups is 1. The summed E-state index contributed by atoms with van der Waals surface area (Å²) in [6, 6.07) is 0. The van der Waals surface area contributed by atoms with Gasteiger partial charge in [-0.05, 0) is 32.6 Å². The monoisotopic (exact) mass is 306 g/mol. The second-order valence-electron chi connectivity index (χ2n) is 5.81. The van der Waals surface area contributed by atoms with Crippen LogP contribution in [0.15, 0.2) is 11.6 Å². The van der Waals surface area contributed by atoms with Gasteiger partial charge in [0, 0.05) is 26.2 Å². The van der Waals surface area contributed by atoms with Crippen molar-refractivity contribution in [3.8, 4) is 0 Å². The number of hydrogen-bond donors (Lipinski definition) is 1. The van der Waals surface area contributed by atoms with E-state index in [1.54, 1.807) is 0 Å². The minimum atomic E-state index is 0.0250. The first-order valence-electron chi connectivity index (χ1n) is 7.61. The zero-order chi connectivity index (χ0) is 14.8. The molecular weight excluding hydrogens is 284 g/mol. The molecule has 2 aliphatic heterocycles. The highest BCUT2D eigenvalue weighted by Crippen LogP contribution is 2.31. The van der Waals surface area contributed by atoms with Crippen molar-refractivity contribution in [3.63, 3.8) is 0 Å². The summed E-state index contributed by atoms with van der Waals surface area (Å²) in [6.07, 6.45) is 6.73. The van der Waals surface area contributed by atoms with Crippen molar-refractivity contribution in [2.24, 2.45) is 0 Å². The minimum Gasteiger partial charge on any atom is -0.382 e. The Labute approximate surface area is 129 Å². The van der Waals surface area contributed by atoms with Crippen molar-refractivity contribution in [1.82, 2.24) is 9.88 Å². The van der Waals surface area contributed by atoms with E-state index in [4.69, 9.17) is 5.73 Å². The molecule has 1 aromatic heterocycles. The number of nitrogens with zero attached hydrogens (tertiary/aromatic N) is 3. The average Bonchev–Trinajstić information content (AvgIpc) is 2.90. The van der Waals surface area contributed by atoms with E-state index in [9.17, 15) is 4.79 Å². The normalized spacial score (nSPS) is 19.6. The van der Waals surface area contributed by atoms with E-state index in [1.165, 1.54) is 36.2 Å². The standard InChI is InChI=1S/C15H22N4OS/c1-11-5-9-18(10-6-11)14(20)12-13(16)17-15(21-12)19-7-3-2-4-8-19/h5H,2-4,6-10,16H2,1H3. The van der Waals surface area contributed by atoms with Gasteiger partial charge in [-0.2, -0.15) is 0 Å². The first kappa shape index (κ1) is 14.4. The summed E-state index contributed by atoms with van der Waals surface area (Å²) in [5, 5.41) is 0.902. The van der Waals surface area contributed by atoms with Crippen molar-refractivity contribution >= 4 is 28.2 Å². The molecule has 0 unspecified atom stereocenters. The smallest absolute Gasteiger partial charge is 0.268 e. The third kappa shape index (κ3) is 3.05. The highest BCUT2D eigenvalue weighted by molar-refractivity contribution is 7.18. The maximum atomic E-state index is 12.6. The largest absolute Gasteiger partial charge is 0.382 e. The van der Waals surface area contributed by atoms with Gasteiger partial charge in [-0.1, -0.05) is 23.0 Å².